The van der Waals surface area contributed by atoms with Gasteiger partial charge in [0.05, 0.1) is 10.5 Å². The highest BCUT2D eigenvalue weighted by Crippen LogP contribution is 2.25. The highest BCUT2D eigenvalue weighted by atomic mass is 32.1. The Kier molecular flexibility index (Phi) is 4.70. The van der Waals surface area contributed by atoms with Gasteiger partial charge in [0.2, 0.25) is 5.82 Å². The maximum atomic E-state index is 12.1. The van der Waals surface area contributed by atoms with Crippen LogP contribution in [0.2, 0.25) is 0 Å². The van der Waals surface area contributed by atoms with Crippen LogP contribution in [0.25, 0.3) is 11.4 Å². The molecule has 3 rings (SSSR count). The molecule has 0 amide bonds. The third-order valence-electron chi connectivity index (χ3n) is 3.27. The average Bonchev–Trinajstić information content (AvgIpc) is 3.30. The van der Waals surface area contributed by atoms with Gasteiger partial charge in [-0.3, -0.25) is 10.1 Å². The number of hydrogen-bond acceptors (Lipinski definition) is 9. The lowest BCUT2D eigenvalue weighted by Crippen LogP contribution is -2.07. The van der Waals surface area contributed by atoms with Crippen molar-refractivity contribution >= 4 is 28.7 Å². The van der Waals surface area contributed by atoms with Crippen molar-refractivity contribution in [2.45, 2.75) is 6.61 Å². The third kappa shape index (κ3) is 3.63. The summed E-state index contributed by atoms with van der Waals surface area (Å²) >= 11 is 1.50. The largest absolute Gasteiger partial charge is 0.452 e. The minimum atomic E-state index is -0.721. The van der Waals surface area contributed by atoms with Gasteiger partial charge >= 0.3 is 5.97 Å². The molecule has 1 N–H and O–H groups in total. The number of esters is 1. The van der Waals surface area contributed by atoms with Crippen LogP contribution in [0, 0.1) is 10.1 Å². The van der Waals surface area contributed by atoms with Crippen LogP contribution in [0.5, 0.6) is 0 Å². The van der Waals surface area contributed by atoms with Gasteiger partial charge in [-0.25, -0.2) is 4.79 Å². The van der Waals surface area contributed by atoms with Crippen LogP contribution >= 0.6 is 11.3 Å². The van der Waals surface area contributed by atoms with Gasteiger partial charge in [-0.15, -0.1) is 0 Å². The van der Waals surface area contributed by atoms with Crippen LogP contribution in [0.15, 0.2) is 39.5 Å². The second-order valence-corrected chi connectivity index (χ2v) is 5.62. The second-order valence-electron chi connectivity index (χ2n) is 4.84. The number of hydrogen-bond donors (Lipinski definition) is 1. The van der Waals surface area contributed by atoms with Crippen molar-refractivity contribution in [1.29, 1.82) is 0 Å². The molecule has 0 atom stereocenters. The number of nitro benzene ring substituents is 1. The molecular weight excluding hydrogens is 348 g/mol. The van der Waals surface area contributed by atoms with Crippen LogP contribution in [-0.2, 0) is 11.3 Å². The Morgan fingerprint density at radius 3 is 2.96 bits per heavy atom. The lowest BCUT2D eigenvalue weighted by Gasteiger charge is -2.05. The van der Waals surface area contributed by atoms with Gasteiger partial charge < -0.3 is 14.6 Å². The molecule has 0 aliphatic rings. The fourth-order valence-corrected chi connectivity index (χ4v) is 2.69. The molecule has 0 spiro atoms. The van der Waals surface area contributed by atoms with Crippen molar-refractivity contribution < 1.29 is 19.0 Å². The number of thiophene rings is 1. The predicted octanol–water partition coefficient (Wildman–Crippen LogP) is 3.11. The summed E-state index contributed by atoms with van der Waals surface area (Å²) in [4.78, 5) is 26.7. The standard InChI is InChI=1S/C15H12N4O5S/c1-16-11-3-2-9(6-12(11)19(21)22)15(20)23-7-13-17-14(18-24-13)10-4-5-25-8-10/h2-6,8,16H,7H2,1H3. The molecule has 1 aromatic carbocycles. The summed E-state index contributed by atoms with van der Waals surface area (Å²) in [5, 5.41) is 21.3. The van der Waals surface area contributed by atoms with Gasteiger partial charge in [0.1, 0.15) is 5.69 Å². The smallest absolute Gasteiger partial charge is 0.338 e. The fourth-order valence-electron chi connectivity index (χ4n) is 2.05. The van der Waals surface area contributed by atoms with Gasteiger partial charge in [-0.1, -0.05) is 5.16 Å². The van der Waals surface area contributed by atoms with Crippen molar-refractivity contribution in [1.82, 2.24) is 10.1 Å². The number of carbonyl (C=O) groups is 1. The normalized spacial score (nSPS) is 10.4. The van der Waals surface area contributed by atoms with Crippen molar-refractivity contribution in [3.63, 3.8) is 0 Å². The summed E-state index contributed by atoms with van der Waals surface area (Å²) in [7, 11) is 1.56. The number of nitrogens with zero attached hydrogens (tertiary/aromatic N) is 3. The van der Waals surface area contributed by atoms with Crippen LogP contribution in [0.3, 0.4) is 0 Å². The zero-order valence-corrected chi connectivity index (χ0v) is 13.8. The molecule has 0 saturated carbocycles. The second kappa shape index (κ2) is 7.09. The zero-order chi connectivity index (χ0) is 17.8. The number of nitrogens with one attached hydrogen (secondary N) is 1. The molecule has 0 fully saturated rings. The van der Waals surface area contributed by atoms with Crippen LogP contribution in [0.1, 0.15) is 16.2 Å². The van der Waals surface area contributed by atoms with Gasteiger partial charge in [0, 0.05) is 24.1 Å². The number of rotatable bonds is 6. The first-order valence-corrected chi connectivity index (χ1v) is 8.01. The molecule has 0 aliphatic carbocycles. The van der Waals surface area contributed by atoms with Crippen LogP contribution in [-0.4, -0.2) is 28.1 Å². The summed E-state index contributed by atoms with van der Waals surface area (Å²) in [6.45, 7) is -0.225. The summed E-state index contributed by atoms with van der Waals surface area (Å²) in [6, 6.07) is 5.87. The van der Waals surface area contributed by atoms with Crippen molar-refractivity contribution in [3.8, 4) is 11.4 Å². The summed E-state index contributed by atoms with van der Waals surface area (Å²) in [6.07, 6.45) is 0. The number of nitro groups is 1. The first kappa shape index (κ1) is 16.6. The molecule has 0 bridgehead atoms. The molecule has 2 heterocycles. The van der Waals surface area contributed by atoms with E-state index in [9.17, 15) is 14.9 Å². The molecule has 0 aliphatic heterocycles. The zero-order valence-electron chi connectivity index (χ0n) is 13.0. The van der Waals surface area contributed by atoms with E-state index in [-0.39, 0.29) is 23.7 Å². The van der Waals surface area contributed by atoms with Crippen molar-refractivity contribution in [2.24, 2.45) is 0 Å². The molecule has 2 aromatic heterocycles. The average molecular weight is 360 g/mol. The van der Waals surface area contributed by atoms with E-state index >= 15 is 0 Å². The Balaban J connectivity index is 1.69. The SMILES string of the molecule is CNc1ccc(C(=O)OCc2nc(-c3ccsc3)no2)cc1[N+](=O)[O-]. The van der Waals surface area contributed by atoms with Gasteiger partial charge in [-0.05, 0) is 23.6 Å². The molecule has 10 heteroatoms. The number of carbonyl (C=O) groups excluding carboxylic acids is 1. The van der Waals surface area contributed by atoms with Gasteiger partial charge in [0.15, 0.2) is 6.61 Å². The van der Waals surface area contributed by atoms with Crippen LogP contribution < -0.4 is 5.32 Å². The summed E-state index contributed by atoms with van der Waals surface area (Å²) < 4.78 is 10.1. The third-order valence-corrected chi connectivity index (χ3v) is 3.96. The summed E-state index contributed by atoms with van der Waals surface area (Å²) in [5.41, 5.74) is 0.959. The van der Waals surface area contributed by atoms with E-state index in [0.717, 1.165) is 11.6 Å². The molecule has 0 saturated heterocycles. The van der Waals surface area contributed by atoms with E-state index in [2.05, 4.69) is 15.5 Å². The lowest BCUT2D eigenvalue weighted by atomic mass is 10.1. The van der Waals surface area contributed by atoms with Crippen molar-refractivity contribution in [2.75, 3.05) is 12.4 Å². The first-order valence-electron chi connectivity index (χ1n) is 7.07. The first-order chi connectivity index (χ1) is 12.1. The minimum Gasteiger partial charge on any atom is -0.452 e. The quantitative estimate of drug-likeness (QED) is 0.404. The van der Waals surface area contributed by atoms with Crippen molar-refractivity contribution in [3.05, 3.63) is 56.6 Å². The minimum absolute atomic E-state index is 0.0586. The maximum absolute atomic E-state index is 12.1. The highest BCUT2D eigenvalue weighted by Gasteiger charge is 2.18. The topological polar surface area (TPSA) is 120 Å². The predicted molar refractivity (Wildman–Crippen MR) is 89.4 cm³/mol. The fraction of sp³-hybridized carbons (Fsp3) is 0.133. The number of ether oxygens (including phenoxy) is 1. The molecule has 128 valence electrons. The van der Waals surface area contributed by atoms with E-state index in [0.29, 0.717) is 11.5 Å². The maximum Gasteiger partial charge on any atom is 0.338 e. The molecule has 3 aromatic rings. The number of aromatic nitrogens is 2. The Labute approximate surface area is 145 Å². The van der Waals surface area contributed by atoms with E-state index in [4.69, 9.17) is 9.26 Å². The number of benzene rings is 1. The van der Waals surface area contributed by atoms with E-state index < -0.39 is 10.9 Å². The molecule has 25 heavy (non-hydrogen) atoms. The molecule has 0 radical (unpaired) electrons. The monoisotopic (exact) mass is 360 g/mol. The van der Waals surface area contributed by atoms with Crippen LogP contribution in [0.4, 0.5) is 11.4 Å². The van der Waals surface area contributed by atoms with E-state index in [1.54, 1.807) is 7.05 Å². The van der Waals surface area contributed by atoms with E-state index in [1.165, 1.54) is 23.5 Å². The highest BCUT2D eigenvalue weighted by molar-refractivity contribution is 7.08. The van der Waals surface area contributed by atoms with E-state index in [1.807, 2.05) is 16.8 Å². The Bertz CT molecular complexity index is 907. The van der Waals surface area contributed by atoms with Gasteiger partial charge in [0.25, 0.3) is 11.6 Å². The Morgan fingerprint density at radius 2 is 2.28 bits per heavy atom. The molecule has 9 nitrogen and oxygen atoms in total. The Morgan fingerprint density at radius 1 is 1.44 bits per heavy atom. The molecule has 0 unspecified atom stereocenters. The Hall–Kier alpha value is -3.27. The lowest BCUT2D eigenvalue weighted by molar-refractivity contribution is -0.384. The number of anilines is 1. The van der Waals surface area contributed by atoms with Gasteiger partial charge in [-0.2, -0.15) is 16.3 Å². The molecular formula is C15H12N4O5S. The summed E-state index contributed by atoms with van der Waals surface area (Å²) in [5.74, 6) is -0.182.